The highest BCUT2D eigenvalue weighted by Gasteiger charge is 2.22. The Bertz CT molecular complexity index is 735. The fraction of sp³-hybridized carbons (Fsp3) is 0.154. The van der Waals surface area contributed by atoms with Crippen molar-refractivity contribution in [3.63, 3.8) is 0 Å². The third-order valence-electron chi connectivity index (χ3n) is 2.96. The third-order valence-corrected chi connectivity index (χ3v) is 3.72. The maximum atomic E-state index is 11.1. The molecule has 1 N–H and O–H groups in total. The van der Waals surface area contributed by atoms with Crippen LogP contribution < -0.4 is 5.32 Å². The molecule has 1 aromatic carbocycles. The van der Waals surface area contributed by atoms with Crippen molar-refractivity contribution in [1.29, 1.82) is 0 Å². The average Bonchev–Trinajstić information content (AvgIpc) is 2.99. The van der Waals surface area contributed by atoms with Gasteiger partial charge in [0.1, 0.15) is 6.20 Å². The number of imidazole rings is 1. The van der Waals surface area contributed by atoms with E-state index in [9.17, 15) is 10.1 Å². The van der Waals surface area contributed by atoms with Crippen molar-refractivity contribution in [2.24, 2.45) is 0 Å². The van der Waals surface area contributed by atoms with Crippen molar-refractivity contribution in [3.8, 4) is 0 Å². The monoisotopic (exact) mass is 288 g/mol. The van der Waals surface area contributed by atoms with Gasteiger partial charge in [-0.15, -0.1) is 0 Å². The van der Waals surface area contributed by atoms with Gasteiger partial charge in [-0.3, -0.25) is 0 Å². The highest BCUT2D eigenvalue weighted by atomic mass is 32.1. The summed E-state index contributed by atoms with van der Waals surface area (Å²) in [7, 11) is 0. The van der Waals surface area contributed by atoms with E-state index in [2.05, 4.69) is 10.3 Å². The normalized spacial score (nSPS) is 10.8. The Kier molecular flexibility index (Phi) is 3.34. The van der Waals surface area contributed by atoms with Gasteiger partial charge in [0.05, 0.1) is 0 Å². The number of hydrogen-bond donors (Lipinski definition) is 1. The second-order valence-corrected chi connectivity index (χ2v) is 5.13. The van der Waals surface area contributed by atoms with Gasteiger partial charge in [-0.1, -0.05) is 41.7 Å². The molecule has 0 aliphatic heterocycles. The van der Waals surface area contributed by atoms with Crippen molar-refractivity contribution >= 4 is 27.9 Å². The molecule has 7 heteroatoms. The Labute approximate surface area is 118 Å². The zero-order valence-corrected chi connectivity index (χ0v) is 11.3. The molecule has 6 nitrogen and oxygen atoms in total. The standard InChI is InChI=1S/C13H12N4O2S/c18-17(19)12-11(15-13-16(12)8-9-20-13)14-7-6-10-4-2-1-3-5-10/h1-5,8-9,14H,6-7H2. The number of benzene rings is 1. The predicted octanol–water partition coefficient (Wildman–Crippen LogP) is 2.96. The zero-order valence-electron chi connectivity index (χ0n) is 10.5. The van der Waals surface area contributed by atoms with Crippen LogP contribution in [0.25, 0.3) is 4.96 Å². The van der Waals surface area contributed by atoms with Gasteiger partial charge in [0.25, 0.3) is 4.96 Å². The molecule has 0 saturated heterocycles. The smallest absolute Gasteiger partial charge is 0.363 e. The van der Waals surface area contributed by atoms with Crippen molar-refractivity contribution in [3.05, 3.63) is 57.6 Å². The van der Waals surface area contributed by atoms with Crippen molar-refractivity contribution in [1.82, 2.24) is 9.38 Å². The molecule has 0 fully saturated rings. The molecule has 0 unspecified atom stereocenters. The minimum absolute atomic E-state index is 0.00527. The van der Waals surface area contributed by atoms with Crippen LogP contribution in [0.5, 0.6) is 0 Å². The molecule has 20 heavy (non-hydrogen) atoms. The van der Waals surface area contributed by atoms with Crippen LogP contribution in [0, 0.1) is 10.1 Å². The van der Waals surface area contributed by atoms with Crippen LogP contribution in [-0.2, 0) is 6.42 Å². The molecule has 3 aromatic rings. The lowest BCUT2D eigenvalue weighted by molar-refractivity contribution is -0.389. The lowest BCUT2D eigenvalue weighted by atomic mass is 10.1. The minimum atomic E-state index is -0.405. The van der Waals surface area contributed by atoms with E-state index in [1.165, 1.54) is 21.3 Å². The molecule has 0 saturated carbocycles. The van der Waals surface area contributed by atoms with Gasteiger partial charge in [0, 0.05) is 11.9 Å². The maximum absolute atomic E-state index is 11.1. The van der Waals surface area contributed by atoms with Crippen LogP contribution in [0.15, 0.2) is 41.9 Å². The van der Waals surface area contributed by atoms with E-state index in [4.69, 9.17) is 0 Å². The fourth-order valence-corrected chi connectivity index (χ4v) is 2.75. The van der Waals surface area contributed by atoms with E-state index in [1.807, 2.05) is 30.3 Å². The number of nitro groups is 1. The molecule has 0 aliphatic carbocycles. The van der Waals surface area contributed by atoms with Crippen molar-refractivity contribution < 1.29 is 4.92 Å². The molecule has 2 heterocycles. The largest absolute Gasteiger partial charge is 0.372 e. The Morgan fingerprint density at radius 3 is 2.90 bits per heavy atom. The number of thiazole rings is 1. The molecule has 0 spiro atoms. The zero-order chi connectivity index (χ0) is 13.9. The van der Waals surface area contributed by atoms with E-state index in [1.54, 1.807) is 11.6 Å². The SMILES string of the molecule is O=[N+]([O-])c1c(NCCc2ccccc2)nc2sccn12. The topological polar surface area (TPSA) is 72.5 Å². The summed E-state index contributed by atoms with van der Waals surface area (Å²) in [5.74, 6) is 0.326. The van der Waals surface area contributed by atoms with Gasteiger partial charge in [0.15, 0.2) is 0 Å². The number of hydrogen-bond acceptors (Lipinski definition) is 5. The first-order valence-corrected chi connectivity index (χ1v) is 7.01. The molecule has 2 aromatic heterocycles. The van der Waals surface area contributed by atoms with Crippen LogP contribution >= 0.6 is 11.3 Å². The number of aromatic nitrogens is 2. The summed E-state index contributed by atoms with van der Waals surface area (Å²) in [5.41, 5.74) is 1.18. The Balaban J connectivity index is 1.75. The molecule has 0 amide bonds. The number of fused-ring (bicyclic) bond motifs is 1. The van der Waals surface area contributed by atoms with Crippen LogP contribution in [-0.4, -0.2) is 20.9 Å². The van der Waals surface area contributed by atoms with Gasteiger partial charge in [-0.05, 0) is 16.9 Å². The highest BCUT2D eigenvalue weighted by Crippen LogP contribution is 2.27. The Morgan fingerprint density at radius 1 is 1.35 bits per heavy atom. The van der Waals surface area contributed by atoms with Gasteiger partial charge in [-0.25, -0.2) is 0 Å². The summed E-state index contributed by atoms with van der Waals surface area (Å²) in [4.78, 5) is 15.6. The molecular weight excluding hydrogens is 276 g/mol. The number of anilines is 1. The van der Waals surface area contributed by atoms with Crippen LogP contribution in [0.4, 0.5) is 11.6 Å². The van der Waals surface area contributed by atoms with Crippen molar-refractivity contribution in [2.75, 3.05) is 11.9 Å². The molecule has 0 bridgehead atoms. The first kappa shape index (κ1) is 12.6. The van der Waals surface area contributed by atoms with Crippen LogP contribution in [0.1, 0.15) is 5.56 Å². The second kappa shape index (κ2) is 5.30. The van der Waals surface area contributed by atoms with Gasteiger partial charge >= 0.3 is 5.82 Å². The molecule has 102 valence electrons. The summed E-state index contributed by atoms with van der Waals surface area (Å²) in [5, 5.41) is 16.0. The van der Waals surface area contributed by atoms with E-state index in [0.717, 1.165) is 6.42 Å². The minimum Gasteiger partial charge on any atom is -0.363 e. The lowest BCUT2D eigenvalue weighted by Gasteiger charge is -2.03. The lowest BCUT2D eigenvalue weighted by Crippen LogP contribution is -2.07. The van der Waals surface area contributed by atoms with Gasteiger partial charge in [0.2, 0.25) is 5.82 Å². The summed E-state index contributed by atoms with van der Waals surface area (Å²) < 4.78 is 1.50. The fourth-order valence-electron chi connectivity index (χ4n) is 2.04. The van der Waals surface area contributed by atoms with E-state index in [-0.39, 0.29) is 5.82 Å². The average molecular weight is 288 g/mol. The number of nitrogens with one attached hydrogen (secondary N) is 1. The third kappa shape index (κ3) is 2.35. The van der Waals surface area contributed by atoms with E-state index in [0.29, 0.717) is 17.3 Å². The summed E-state index contributed by atoms with van der Waals surface area (Å²) in [6, 6.07) is 9.98. The maximum Gasteiger partial charge on any atom is 0.372 e. The first-order valence-electron chi connectivity index (χ1n) is 6.13. The van der Waals surface area contributed by atoms with Crippen LogP contribution in [0.3, 0.4) is 0 Å². The molecule has 0 atom stereocenters. The summed E-state index contributed by atoms with van der Waals surface area (Å²) in [6.45, 7) is 0.607. The molecule has 0 radical (unpaired) electrons. The predicted molar refractivity (Wildman–Crippen MR) is 78.4 cm³/mol. The summed E-state index contributed by atoms with van der Waals surface area (Å²) >= 11 is 1.38. The second-order valence-electron chi connectivity index (χ2n) is 4.26. The quantitative estimate of drug-likeness (QED) is 0.578. The first-order chi connectivity index (χ1) is 9.75. The highest BCUT2D eigenvalue weighted by molar-refractivity contribution is 7.15. The number of rotatable bonds is 5. The molecule has 0 aliphatic rings. The number of nitrogens with zero attached hydrogens (tertiary/aromatic N) is 3. The van der Waals surface area contributed by atoms with E-state index < -0.39 is 4.92 Å². The molecular formula is C13H12N4O2S. The van der Waals surface area contributed by atoms with Crippen LogP contribution in [0.2, 0.25) is 0 Å². The van der Waals surface area contributed by atoms with Crippen molar-refractivity contribution in [2.45, 2.75) is 6.42 Å². The van der Waals surface area contributed by atoms with Gasteiger partial charge < -0.3 is 15.4 Å². The Morgan fingerprint density at radius 2 is 2.15 bits per heavy atom. The van der Waals surface area contributed by atoms with E-state index >= 15 is 0 Å². The summed E-state index contributed by atoms with van der Waals surface area (Å²) in [6.07, 6.45) is 2.46. The van der Waals surface area contributed by atoms with Gasteiger partial charge in [-0.2, -0.15) is 9.38 Å². The Hall–Kier alpha value is -2.41. The molecule has 3 rings (SSSR count).